The molecule has 4 atom stereocenters. The zero-order valence-electron chi connectivity index (χ0n) is 25.0. The van der Waals surface area contributed by atoms with Crippen molar-refractivity contribution in [1.82, 2.24) is 0 Å². The molecule has 0 radical (unpaired) electrons. The van der Waals surface area contributed by atoms with E-state index in [1.807, 2.05) is 51.1 Å². The minimum Gasteiger partial charge on any atom is -0.481 e. The Morgan fingerprint density at radius 1 is 0.814 bits per heavy atom. The van der Waals surface area contributed by atoms with Gasteiger partial charge in [-0.05, 0) is 98.9 Å². The molecule has 4 heteroatoms. The average Bonchev–Trinajstić information content (AvgIpc) is 3.66. The van der Waals surface area contributed by atoms with Crippen LogP contribution in [0.25, 0.3) is 0 Å². The Hall–Kier alpha value is -4.20. The number of allylic oxidation sites excluding steroid dienone is 2. The molecule has 0 spiro atoms. The summed E-state index contributed by atoms with van der Waals surface area (Å²) in [6, 6.07) is 35.5. The molecule has 0 amide bonds. The van der Waals surface area contributed by atoms with Crippen molar-refractivity contribution in [3.8, 4) is 17.6 Å². The van der Waals surface area contributed by atoms with Gasteiger partial charge in [-0.2, -0.15) is 0 Å². The van der Waals surface area contributed by atoms with Crippen LogP contribution in [-0.2, 0) is 20.4 Å². The molecule has 6 rings (SSSR count). The molecule has 2 bridgehead atoms. The summed E-state index contributed by atoms with van der Waals surface area (Å²) in [7, 11) is -0.258. The van der Waals surface area contributed by atoms with Crippen LogP contribution in [0.15, 0.2) is 130 Å². The third-order valence-corrected chi connectivity index (χ3v) is 10.7. The van der Waals surface area contributed by atoms with Crippen molar-refractivity contribution >= 4 is 16.9 Å². The molecule has 0 aliphatic heterocycles. The Labute approximate surface area is 258 Å². The van der Waals surface area contributed by atoms with Gasteiger partial charge in [0.1, 0.15) is 5.75 Å². The van der Waals surface area contributed by atoms with Gasteiger partial charge in [0, 0.05) is 23.6 Å². The van der Waals surface area contributed by atoms with Crippen LogP contribution >= 0.6 is 0 Å². The molecule has 43 heavy (non-hydrogen) atoms. The van der Waals surface area contributed by atoms with Crippen molar-refractivity contribution in [1.29, 1.82) is 0 Å². The first-order valence-corrected chi connectivity index (χ1v) is 16.2. The van der Waals surface area contributed by atoms with Gasteiger partial charge < -0.3 is 9.47 Å². The predicted molar refractivity (Wildman–Crippen MR) is 173 cm³/mol. The van der Waals surface area contributed by atoms with Crippen LogP contribution in [0, 0.1) is 43.4 Å². The standard InChI is InChI=1S/C39H37O3S/c1-28-23-35(43(33-15-9-5-10-16-33)34-17-11-6-12-18-34)24-29(2)38(28)41-27-37(40)42-39(3,22-21-30-13-7-4-8-14-30)36-26-31-19-20-32(36)25-31/h4-20,23-24,31-32,36H,25-27H2,1-3H3/q+1. The van der Waals surface area contributed by atoms with Gasteiger partial charge in [0.15, 0.2) is 26.9 Å². The third kappa shape index (κ3) is 6.43. The molecule has 4 unspecified atom stereocenters. The van der Waals surface area contributed by atoms with Crippen molar-refractivity contribution in [2.45, 2.75) is 53.9 Å². The number of benzene rings is 4. The molecule has 1 fully saturated rings. The first-order chi connectivity index (χ1) is 20.9. The van der Waals surface area contributed by atoms with Crippen molar-refractivity contribution in [2.24, 2.45) is 17.8 Å². The highest BCUT2D eigenvalue weighted by Crippen LogP contribution is 2.49. The number of fused-ring (bicyclic) bond motifs is 2. The minimum absolute atomic E-state index is 0.163. The molecule has 0 N–H and O–H groups in total. The Bertz CT molecular complexity index is 1610. The fourth-order valence-corrected chi connectivity index (χ4v) is 8.76. The first kappa shape index (κ1) is 28.9. The quantitative estimate of drug-likeness (QED) is 0.0902. The molecule has 0 heterocycles. The van der Waals surface area contributed by atoms with Crippen molar-refractivity contribution < 1.29 is 14.3 Å². The van der Waals surface area contributed by atoms with Gasteiger partial charge in [-0.3, -0.25) is 0 Å². The number of hydrogen-bond donors (Lipinski definition) is 0. The molecule has 2 aliphatic rings. The number of carbonyl (C=O) groups excluding carboxylic acids is 1. The molecule has 4 aromatic carbocycles. The van der Waals surface area contributed by atoms with Gasteiger partial charge in [-0.1, -0.05) is 72.7 Å². The summed E-state index contributed by atoms with van der Waals surface area (Å²) in [5, 5.41) is 0. The van der Waals surface area contributed by atoms with Gasteiger partial charge in [0.2, 0.25) is 0 Å². The van der Waals surface area contributed by atoms with Gasteiger partial charge in [0.05, 0.1) is 10.9 Å². The van der Waals surface area contributed by atoms with Crippen LogP contribution in [0.5, 0.6) is 5.75 Å². The van der Waals surface area contributed by atoms with E-state index in [4.69, 9.17) is 9.47 Å². The first-order valence-electron chi connectivity index (χ1n) is 15.0. The number of esters is 1. The van der Waals surface area contributed by atoms with Crippen LogP contribution < -0.4 is 4.74 Å². The van der Waals surface area contributed by atoms with E-state index in [-0.39, 0.29) is 23.4 Å². The summed E-state index contributed by atoms with van der Waals surface area (Å²) in [6.45, 7) is 5.90. The van der Waals surface area contributed by atoms with E-state index in [9.17, 15) is 4.79 Å². The highest BCUT2D eigenvalue weighted by molar-refractivity contribution is 7.97. The zero-order chi connectivity index (χ0) is 29.8. The second kappa shape index (κ2) is 12.6. The number of hydrogen-bond acceptors (Lipinski definition) is 3. The monoisotopic (exact) mass is 585 g/mol. The number of ether oxygens (including phenoxy) is 2. The molecule has 0 saturated heterocycles. The van der Waals surface area contributed by atoms with Crippen molar-refractivity contribution in [3.63, 3.8) is 0 Å². The summed E-state index contributed by atoms with van der Waals surface area (Å²) >= 11 is 0. The predicted octanol–water partition coefficient (Wildman–Crippen LogP) is 8.34. The topological polar surface area (TPSA) is 35.5 Å². The average molecular weight is 586 g/mol. The normalized spacial score (nSPS) is 19.9. The number of rotatable bonds is 8. The summed E-state index contributed by atoms with van der Waals surface area (Å²) in [5.41, 5.74) is 2.01. The van der Waals surface area contributed by atoms with Gasteiger partial charge in [-0.25, -0.2) is 4.79 Å². The Kier molecular flexibility index (Phi) is 8.45. The summed E-state index contributed by atoms with van der Waals surface area (Å²) in [5.74, 6) is 8.06. The Balaban J connectivity index is 1.21. The van der Waals surface area contributed by atoms with Gasteiger partial charge >= 0.3 is 5.97 Å². The molecule has 4 aromatic rings. The molecule has 1 saturated carbocycles. The van der Waals surface area contributed by atoms with E-state index in [1.54, 1.807) is 0 Å². The van der Waals surface area contributed by atoms with E-state index in [2.05, 4.69) is 96.8 Å². The van der Waals surface area contributed by atoms with Crippen molar-refractivity contribution in [2.75, 3.05) is 6.61 Å². The molecule has 3 nitrogen and oxygen atoms in total. The van der Waals surface area contributed by atoms with Crippen LogP contribution in [0.1, 0.15) is 36.5 Å². The Morgan fingerprint density at radius 2 is 1.40 bits per heavy atom. The molecule has 2 aliphatic carbocycles. The molecular weight excluding hydrogens is 548 g/mol. The van der Waals surface area contributed by atoms with E-state index in [0.717, 1.165) is 35.3 Å². The van der Waals surface area contributed by atoms with Gasteiger partial charge in [0.25, 0.3) is 0 Å². The minimum atomic E-state index is -0.895. The highest BCUT2D eigenvalue weighted by atomic mass is 32.2. The lowest BCUT2D eigenvalue weighted by atomic mass is 9.79. The highest BCUT2D eigenvalue weighted by Gasteiger charge is 2.48. The maximum Gasteiger partial charge on any atom is 0.345 e. The lowest BCUT2D eigenvalue weighted by molar-refractivity contribution is -0.160. The van der Waals surface area contributed by atoms with E-state index >= 15 is 0 Å². The second-order valence-electron chi connectivity index (χ2n) is 11.7. The summed E-state index contributed by atoms with van der Waals surface area (Å²) < 4.78 is 12.4. The van der Waals surface area contributed by atoms with Gasteiger partial charge in [-0.15, -0.1) is 0 Å². The lowest BCUT2D eigenvalue weighted by Gasteiger charge is -2.34. The number of carbonyl (C=O) groups is 1. The molecule has 0 aromatic heterocycles. The third-order valence-electron chi connectivity index (χ3n) is 8.50. The second-order valence-corrected chi connectivity index (χ2v) is 13.7. The van der Waals surface area contributed by atoms with Crippen LogP contribution in [0.4, 0.5) is 0 Å². The Morgan fingerprint density at radius 3 is 1.93 bits per heavy atom. The maximum atomic E-state index is 13.3. The van der Waals surface area contributed by atoms with Crippen molar-refractivity contribution in [3.05, 3.63) is 132 Å². The fraction of sp³-hybridized carbons (Fsp3) is 0.256. The lowest BCUT2D eigenvalue weighted by Crippen LogP contribution is -2.41. The smallest absolute Gasteiger partial charge is 0.345 e. The van der Waals surface area contributed by atoms with E-state index < -0.39 is 11.6 Å². The SMILES string of the molecule is Cc1cc([S+](c2ccccc2)c2ccccc2)cc(C)c1OCC(=O)OC(C)(C#Cc1ccccc1)C1CC2C=CC1C2. The summed E-state index contributed by atoms with van der Waals surface area (Å²) in [6.07, 6.45) is 6.67. The zero-order valence-corrected chi connectivity index (χ0v) is 25.8. The van der Waals surface area contributed by atoms with E-state index in [0.29, 0.717) is 11.8 Å². The van der Waals surface area contributed by atoms with Crippen LogP contribution in [0.2, 0.25) is 0 Å². The fourth-order valence-electron chi connectivity index (χ4n) is 6.50. The molecule has 216 valence electrons. The molecular formula is C39H37O3S+. The maximum absolute atomic E-state index is 13.3. The van der Waals surface area contributed by atoms with Crippen LogP contribution in [-0.4, -0.2) is 18.2 Å². The summed E-state index contributed by atoms with van der Waals surface area (Å²) in [4.78, 5) is 17.1. The number of aryl methyl sites for hydroxylation is 2. The van der Waals surface area contributed by atoms with Crippen LogP contribution in [0.3, 0.4) is 0 Å². The van der Waals surface area contributed by atoms with E-state index in [1.165, 1.54) is 14.7 Å². The largest absolute Gasteiger partial charge is 0.481 e.